The second kappa shape index (κ2) is 16.0. The van der Waals surface area contributed by atoms with Gasteiger partial charge in [-0.3, -0.25) is 14.5 Å². The Morgan fingerprint density at radius 1 is 0.891 bits per heavy atom. The topological polar surface area (TPSA) is 127 Å². The number of aliphatic hydroxyl groups is 1. The molecule has 0 spiro atoms. The maximum Gasteiger partial charge on any atom is 0.303 e. The summed E-state index contributed by atoms with van der Waals surface area (Å²) in [5, 5.41) is 21.2. The minimum Gasteiger partial charge on any atom is -0.493 e. The normalized spacial score (nSPS) is 19.7. The molecule has 2 aliphatic heterocycles. The summed E-state index contributed by atoms with van der Waals surface area (Å²) in [6.07, 6.45) is 3.09. The number of carbonyl (C=O) groups excluding carboxylic acids is 1. The first kappa shape index (κ1) is 33.4. The van der Waals surface area contributed by atoms with Gasteiger partial charge in [-0.2, -0.15) is 0 Å². The lowest BCUT2D eigenvalue weighted by molar-refractivity contribution is -0.253. The standard InChI is InChI=1S/C36H44N2O8/c1-43-32-18-27-16-17-38(21-28(27)19-33(32)44-2)22-30-20-31(25-10-8-24(23-39)9-11-25)46-36(45-30)26-12-14-29(15-13-26)37-34(40)6-4-3-5-7-35(41)42/h8-15,18-19,30-31,36,39H,3-7,16-17,20-23H2,1-2H3,(H,37,40)(H,41,42)/t30-,31+,36+/m1/s1. The molecule has 2 aliphatic rings. The van der Waals surface area contributed by atoms with E-state index >= 15 is 0 Å². The Balaban J connectivity index is 1.25. The minimum atomic E-state index is -0.813. The molecule has 3 N–H and O–H groups in total. The molecule has 0 unspecified atom stereocenters. The first-order chi connectivity index (χ1) is 22.3. The SMILES string of the molecule is COc1cc2c(cc1OC)CN(C[C@H]1C[C@@H](c3ccc(CO)cc3)O[C@@H](c3ccc(NC(=O)CCCCCC(=O)O)cc3)O1)CC2. The predicted molar refractivity (Wildman–Crippen MR) is 173 cm³/mol. The van der Waals surface area contributed by atoms with Crippen LogP contribution in [0.4, 0.5) is 5.69 Å². The number of carbonyl (C=O) groups is 2. The molecule has 0 bridgehead atoms. The highest BCUT2D eigenvalue weighted by atomic mass is 16.7. The Morgan fingerprint density at radius 3 is 2.24 bits per heavy atom. The summed E-state index contributed by atoms with van der Waals surface area (Å²) in [7, 11) is 3.31. The second-order valence-electron chi connectivity index (χ2n) is 11.9. The number of fused-ring (bicyclic) bond motifs is 1. The number of anilines is 1. The number of hydrogen-bond acceptors (Lipinski definition) is 8. The van der Waals surface area contributed by atoms with Crippen LogP contribution in [0.3, 0.4) is 0 Å². The number of nitrogens with zero attached hydrogens (tertiary/aromatic N) is 1. The molecular formula is C36H44N2O8. The molecular weight excluding hydrogens is 588 g/mol. The summed E-state index contributed by atoms with van der Waals surface area (Å²) in [5.74, 6) is 0.567. The molecule has 46 heavy (non-hydrogen) atoms. The van der Waals surface area contributed by atoms with Gasteiger partial charge in [0, 0.05) is 50.1 Å². The fourth-order valence-corrected chi connectivity index (χ4v) is 6.10. The zero-order valence-electron chi connectivity index (χ0n) is 26.6. The Kier molecular flexibility index (Phi) is 11.7. The average molecular weight is 633 g/mol. The Labute approximate surface area is 270 Å². The van der Waals surface area contributed by atoms with E-state index in [9.17, 15) is 14.7 Å². The van der Waals surface area contributed by atoms with Crippen molar-refractivity contribution < 1.29 is 38.7 Å². The molecule has 0 aliphatic carbocycles. The summed E-state index contributed by atoms with van der Waals surface area (Å²) < 4.78 is 24.1. The number of aliphatic hydroxyl groups excluding tert-OH is 1. The lowest BCUT2D eigenvalue weighted by atomic mass is 9.97. The van der Waals surface area contributed by atoms with Crippen LogP contribution < -0.4 is 14.8 Å². The number of ether oxygens (including phenoxy) is 4. The van der Waals surface area contributed by atoms with E-state index in [2.05, 4.69) is 22.3 Å². The van der Waals surface area contributed by atoms with Crippen molar-refractivity contribution in [3.05, 3.63) is 88.5 Å². The molecule has 0 radical (unpaired) electrons. The van der Waals surface area contributed by atoms with E-state index in [-0.39, 0.29) is 31.1 Å². The van der Waals surface area contributed by atoms with Crippen molar-refractivity contribution in [2.45, 2.75) is 76.6 Å². The third-order valence-corrected chi connectivity index (χ3v) is 8.63. The maximum absolute atomic E-state index is 12.4. The van der Waals surface area contributed by atoms with Crippen molar-refractivity contribution in [2.75, 3.05) is 32.6 Å². The number of amides is 1. The molecule has 5 rings (SSSR count). The van der Waals surface area contributed by atoms with Crippen LogP contribution in [0.25, 0.3) is 0 Å². The van der Waals surface area contributed by atoms with Gasteiger partial charge in [-0.25, -0.2) is 0 Å². The van der Waals surface area contributed by atoms with Crippen LogP contribution in [-0.2, 0) is 38.6 Å². The van der Waals surface area contributed by atoms with Gasteiger partial charge in [0.2, 0.25) is 5.91 Å². The van der Waals surface area contributed by atoms with Gasteiger partial charge in [0.15, 0.2) is 17.8 Å². The van der Waals surface area contributed by atoms with E-state index < -0.39 is 12.3 Å². The van der Waals surface area contributed by atoms with Gasteiger partial charge in [-0.05, 0) is 65.8 Å². The van der Waals surface area contributed by atoms with Gasteiger partial charge in [-0.1, -0.05) is 42.8 Å². The maximum atomic E-state index is 12.4. The Bertz CT molecular complexity index is 1460. The number of carboxylic acid groups (broad SMARTS) is 1. The van der Waals surface area contributed by atoms with Crippen molar-refractivity contribution in [2.24, 2.45) is 0 Å². The largest absolute Gasteiger partial charge is 0.493 e. The summed E-state index contributed by atoms with van der Waals surface area (Å²) in [5.41, 5.74) is 5.91. The molecule has 10 heteroatoms. The number of nitrogens with one attached hydrogen (secondary N) is 1. The van der Waals surface area contributed by atoms with Crippen LogP contribution in [0.1, 0.15) is 78.7 Å². The van der Waals surface area contributed by atoms with E-state index in [0.717, 1.165) is 54.2 Å². The van der Waals surface area contributed by atoms with Crippen LogP contribution in [0.2, 0.25) is 0 Å². The number of unbranched alkanes of at least 4 members (excludes halogenated alkanes) is 2. The molecule has 1 amide bonds. The van der Waals surface area contributed by atoms with E-state index in [1.165, 1.54) is 11.1 Å². The van der Waals surface area contributed by atoms with Crippen molar-refractivity contribution >= 4 is 17.6 Å². The van der Waals surface area contributed by atoms with Crippen molar-refractivity contribution in [3.63, 3.8) is 0 Å². The molecule has 3 atom stereocenters. The quantitative estimate of drug-likeness (QED) is 0.190. The van der Waals surface area contributed by atoms with Gasteiger partial charge < -0.3 is 34.5 Å². The van der Waals surface area contributed by atoms with Gasteiger partial charge in [0.05, 0.1) is 33.0 Å². The number of rotatable bonds is 14. The number of aliphatic carboxylic acids is 1. The monoisotopic (exact) mass is 632 g/mol. The molecule has 1 fully saturated rings. The van der Waals surface area contributed by atoms with Crippen LogP contribution in [0.5, 0.6) is 11.5 Å². The smallest absolute Gasteiger partial charge is 0.303 e. The summed E-state index contributed by atoms with van der Waals surface area (Å²) in [6.45, 7) is 2.41. The number of hydrogen-bond donors (Lipinski definition) is 3. The molecule has 10 nitrogen and oxygen atoms in total. The highest BCUT2D eigenvalue weighted by Crippen LogP contribution is 2.39. The fraction of sp³-hybridized carbons (Fsp3) is 0.444. The summed E-state index contributed by atoms with van der Waals surface area (Å²) in [6, 6.07) is 19.5. The number of benzene rings is 3. The van der Waals surface area contributed by atoms with Crippen molar-refractivity contribution in [1.29, 1.82) is 0 Å². The zero-order chi connectivity index (χ0) is 32.5. The zero-order valence-corrected chi connectivity index (χ0v) is 26.6. The summed E-state index contributed by atoms with van der Waals surface area (Å²) >= 11 is 0. The average Bonchev–Trinajstić information content (AvgIpc) is 3.07. The summed E-state index contributed by atoms with van der Waals surface area (Å²) in [4.78, 5) is 25.5. The Morgan fingerprint density at radius 2 is 1.57 bits per heavy atom. The van der Waals surface area contributed by atoms with Crippen molar-refractivity contribution in [1.82, 2.24) is 4.90 Å². The van der Waals surface area contributed by atoms with Gasteiger partial charge in [0.1, 0.15) is 0 Å². The van der Waals surface area contributed by atoms with Crippen LogP contribution in [0, 0.1) is 0 Å². The van der Waals surface area contributed by atoms with E-state index in [0.29, 0.717) is 37.8 Å². The van der Waals surface area contributed by atoms with E-state index in [4.69, 9.17) is 24.1 Å². The highest BCUT2D eigenvalue weighted by molar-refractivity contribution is 5.90. The van der Waals surface area contributed by atoms with Gasteiger partial charge in [0.25, 0.3) is 0 Å². The molecule has 3 aromatic rings. The van der Waals surface area contributed by atoms with E-state index in [1.54, 1.807) is 14.2 Å². The predicted octanol–water partition coefficient (Wildman–Crippen LogP) is 5.77. The molecule has 246 valence electrons. The molecule has 3 aromatic carbocycles. The third kappa shape index (κ3) is 8.85. The van der Waals surface area contributed by atoms with Gasteiger partial charge >= 0.3 is 5.97 Å². The van der Waals surface area contributed by atoms with E-state index in [1.807, 2.05) is 48.5 Å². The third-order valence-electron chi connectivity index (χ3n) is 8.63. The molecule has 0 aromatic heterocycles. The van der Waals surface area contributed by atoms with Crippen molar-refractivity contribution in [3.8, 4) is 11.5 Å². The minimum absolute atomic E-state index is 0.0130. The lowest BCUT2D eigenvalue weighted by Gasteiger charge is -2.39. The van der Waals surface area contributed by atoms with Gasteiger partial charge in [-0.15, -0.1) is 0 Å². The number of methoxy groups -OCH3 is 2. The van der Waals surface area contributed by atoms with Crippen LogP contribution in [0.15, 0.2) is 60.7 Å². The van der Waals surface area contributed by atoms with Crippen LogP contribution >= 0.6 is 0 Å². The second-order valence-corrected chi connectivity index (χ2v) is 11.9. The molecule has 2 heterocycles. The first-order valence-corrected chi connectivity index (χ1v) is 15.9. The highest BCUT2D eigenvalue weighted by Gasteiger charge is 2.34. The molecule has 0 saturated carbocycles. The number of carboxylic acids is 1. The molecule has 1 saturated heterocycles. The Hall–Kier alpha value is -3.96. The lowest BCUT2D eigenvalue weighted by Crippen LogP contribution is -2.41. The first-order valence-electron chi connectivity index (χ1n) is 15.9. The van der Waals surface area contributed by atoms with Crippen LogP contribution in [-0.4, -0.2) is 60.4 Å². The fourth-order valence-electron chi connectivity index (χ4n) is 6.10.